The van der Waals surface area contributed by atoms with Gasteiger partial charge in [0.2, 0.25) is 0 Å². The predicted molar refractivity (Wildman–Crippen MR) is 161 cm³/mol. The number of ether oxygens (including phenoxy) is 3. The number of fused-ring (bicyclic) bond motifs is 1. The Labute approximate surface area is 254 Å². The number of furan rings is 1. The van der Waals surface area contributed by atoms with Crippen LogP contribution in [0.4, 0.5) is 0 Å². The number of carboxylic acids is 1. The summed E-state index contributed by atoms with van der Waals surface area (Å²) >= 11 is 7.46. The van der Waals surface area contributed by atoms with Crippen molar-refractivity contribution in [1.29, 1.82) is 0 Å². The molecular formula is C31H27ClN2O8S. The van der Waals surface area contributed by atoms with Crippen LogP contribution in [0.25, 0.3) is 17.4 Å². The molecule has 10 nitrogen and oxygen atoms in total. The largest absolute Gasteiger partial charge is 0.493 e. The van der Waals surface area contributed by atoms with E-state index in [1.54, 1.807) is 50.3 Å². The molecule has 0 unspecified atom stereocenters. The van der Waals surface area contributed by atoms with Gasteiger partial charge in [-0.05, 0) is 68.8 Å². The maximum absolute atomic E-state index is 13.9. The number of hydrogen-bond donors (Lipinski definition) is 1. The van der Waals surface area contributed by atoms with Crippen molar-refractivity contribution in [1.82, 2.24) is 4.57 Å². The highest BCUT2D eigenvalue weighted by Gasteiger charge is 2.34. The first-order valence-electron chi connectivity index (χ1n) is 13.3. The van der Waals surface area contributed by atoms with E-state index in [9.17, 15) is 19.5 Å². The third kappa shape index (κ3) is 5.73. The number of nitrogens with zero attached hydrogens (tertiary/aromatic N) is 2. The number of benzene rings is 2. The number of rotatable bonds is 9. The van der Waals surface area contributed by atoms with E-state index in [1.807, 2.05) is 6.92 Å². The zero-order chi connectivity index (χ0) is 30.8. The average Bonchev–Trinajstić information content (AvgIpc) is 3.56. The van der Waals surface area contributed by atoms with Crippen molar-refractivity contribution in [3.05, 3.63) is 101 Å². The van der Waals surface area contributed by atoms with Crippen LogP contribution >= 0.6 is 22.9 Å². The fourth-order valence-corrected chi connectivity index (χ4v) is 6.03. The Morgan fingerprint density at radius 3 is 2.60 bits per heavy atom. The van der Waals surface area contributed by atoms with Crippen LogP contribution in [-0.4, -0.2) is 41.9 Å². The van der Waals surface area contributed by atoms with Gasteiger partial charge in [-0.3, -0.25) is 9.36 Å². The van der Waals surface area contributed by atoms with E-state index >= 15 is 0 Å². The van der Waals surface area contributed by atoms with Crippen LogP contribution in [0.3, 0.4) is 0 Å². The first kappa shape index (κ1) is 29.9. The van der Waals surface area contributed by atoms with Gasteiger partial charge in [-0.15, -0.1) is 0 Å². The van der Waals surface area contributed by atoms with Gasteiger partial charge < -0.3 is 23.7 Å². The molecule has 3 heterocycles. The molecular weight excluding hydrogens is 596 g/mol. The van der Waals surface area contributed by atoms with Crippen LogP contribution in [0.15, 0.2) is 74.0 Å². The molecule has 0 fully saturated rings. The molecule has 43 heavy (non-hydrogen) atoms. The third-order valence-corrected chi connectivity index (χ3v) is 8.01. The molecule has 222 valence electrons. The molecule has 0 bridgehead atoms. The second-order valence-corrected chi connectivity index (χ2v) is 10.8. The van der Waals surface area contributed by atoms with Crippen molar-refractivity contribution >= 4 is 41.0 Å². The first-order chi connectivity index (χ1) is 20.7. The number of esters is 1. The van der Waals surface area contributed by atoms with E-state index in [4.69, 9.17) is 30.2 Å². The lowest BCUT2D eigenvalue weighted by atomic mass is 9.95. The third-order valence-electron chi connectivity index (χ3n) is 6.70. The van der Waals surface area contributed by atoms with Crippen molar-refractivity contribution in [2.75, 3.05) is 20.3 Å². The molecule has 0 amide bonds. The molecule has 0 saturated heterocycles. The van der Waals surface area contributed by atoms with Crippen molar-refractivity contribution in [3.8, 4) is 22.8 Å². The van der Waals surface area contributed by atoms with E-state index < -0.39 is 18.0 Å². The smallest absolute Gasteiger partial charge is 0.338 e. The maximum atomic E-state index is 13.9. The molecule has 0 saturated carbocycles. The maximum Gasteiger partial charge on any atom is 0.338 e. The van der Waals surface area contributed by atoms with Gasteiger partial charge in [-0.25, -0.2) is 14.6 Å². The van der Waals surface area contributed by atoms with Crippen LogP contribution in [0.5, 0.6) is 11.5 Å². The normalized spacial score (nSPS) is 14.7. The summed E-state index contributed by atoms with van der Waals surface area (Å²) in [6.45, 7) is 5.80. The molecule has 1 N–H and O–H groups in total. The van der Waals surface area contributed by atoms with Gasteiger partial charge in [0.1, 0.15) is 11.5 Å². The molecule has 0 aliphatic carbocycles. The second-order valence-electron chi connectivity index (χ2n) is 9.35. The molecule has 5 rings (SSSR count). The molecule has 12 heteroatoms. The van der Waals surface area contributed by atoms with Gasteiger partial charge in [0.25, 0.3) is 5.56 Å². The lowest BCUT2D eigenvalue weighted by Gasteiger charge is -2.25. The Morgan fingerprint density at radius 1 is 1.12 bits per heavy atom. The Hall–Kier alpha value is -4.61. The number of thiazole rings is 1. The van der Waals surface area contributed by atoms with Gasteiger partial charge in [-0.2, -0.15) is 0 Å². The Balaban J connectivity index is 1.65. The highest BCUT2D eigenvalue weighted by atomic mass is 35.5. The Bertz CT molecular complexity index is 1950. The van der Waals surface area contributed by atoms with Gasteiger partial charge in [0, 0.05) is 11.6 Å². The number of aromatic nitrogens is 1. The molecule has 0 radical (unpaired) electrons. The SMILES string of the molecule is CCOC(=O)C1=C(C)N=c2sc(=Cc3ccc(-c4cc(C(=O)O)ccc4Cl)o3)c(=O)n2[C@@H]1c1ccc(OC)c(OCC)c1. The highest BCUT2D eigenvalue weighted by Crippen LogP contribution is 2.36. The summed E-state index contributed by atoms with van der Waals surface area (Å²) in [6, 6.07) is 12.0. The number of carbonyl (C=O) groups is 2. The van der Waals surface area contributed by atoms with Crippen molar-refractivity contribution in [3.63, 3.8) is 0 Å². The molecule has 2 aromatic heterocycles. The van der Waals surface area contributed by atoms with Gasteiger partial charge >= 0.3 is 11.9 Å². The summed E-state index contributed by atoms with van der Waals surface area (Å²) in [4.78, 5) is 43.6. The summed E-state index contributed by atoms with van der Waals surface area (Å²) in [5.41, 5.74) is 1.36. The van der Waals surface area contributed by atoms with Crippen LogP contribution in [0.1, 0.15) is 48.5 Å². The van der Waals surface area contributed by atoms with Gasteiger partial charge in [0.15, 0.2) is 16.3 Å². The van der Waals surface area contributed by atoms with Crippen molar-refractivity contribution in [2.24, 2.45) is 4.99 Å². The van der Waals surface area contributed by atoms with E-state index in [2.05, 4.69) is 4.99 Å². The van der Waals surface area contributed by atoms with Crippen LogP contribution in [0, 0.1) is 0 Å². The minimum absolute atomic E-state index is 0.0597. The van der Waals surface area contributed by atoms with Crippen molar-refractivity contribution in [2.45, 2.75) is 26.8 Å². The van der Waals surface area contributed by atoms with Gasteiger partial charge in [-0.1, -0.05) is 29.0 Å². The minimum Gasteiger partial charge on any atom is -0.493 e. The van der Waals surface area contributed by atoms with Gasteiger partial charge in [0.05, 0.1) is 52.8 Å². The quantitative estimate of drug-likeness (QED) is 0.263. The lowest BCUT2D eigenvalue weighted by Crippen LogP contribution is -2.39. The van der Waals surface area contributed by atoms with E-state index in [1.165, 1.54) is 29.9 Å². The molecule has 2 aromatic carbocycles. The highest BCUT2D eigenvalue weighted by molar-refractivity contribution is 7.07. The zero-order valence-corrected chi connectivity index (χ0v) is 25.2. The number of carboxylic acid groups (broad SMARTS) is 1. The lowest BCUT2D eigenvalue weighted by molar-refractivity contribution is -0.139. The number of carbonyl (C=O) groups excluding carboxylic acids is 1. The molecule has 0 spiro atoms. The summed E-state index contributed by atoms with van der Waals surface area (Å²) in [5.74, 6) is -0.00331. The number of aromatic carboxylic acids is 1. The summed E-state index contributed by atoms with van der Waals surface area (Å²) in [5, 5.41) is 9.68. The fourth-order valence-electron chi connectivity index (χ4n) is 4.79. The van der Waals surface area contributed by atoms with Crippen molar-refractivity contribution < 1.29 is 33.3 Å². The first-order valence-corrected chi connectivity index (χ1v) is 14.5. The summed E-state index contributed by atoms with van der Waals surface area (Å²) in [6.07, 6.45) is 1.57. The second kappa shape index (κ2) is 12.3. The fraction of sp³-hybridized carbons (Fsp3) is 0.226. The van der Waals surface area contributed by atoms with E-state index in [0.29, 0.717) is 60.8 Å². The monoisotopic (exact) mass is 622 g/mol. The number of halogens is 1. The average molecular weight is 623 g/mol. The van der Waals surface area contributed by atoms with E-state index in [-0.39, 0.29) is 23.3 Å². The number of methoxy groups -OCH3 is 1. The van der Waals surface area contributed by atoms with Crippen LogP contribution in [-0.2, 0) is 9.53 Å². The minimum atomic E-state index is -1.09. The molecule has 1 atom stereocenters. The zero-order valence-electron chi connectivity index (χ0n) is 23.7. The molecule has 4 aromatic rings. The van der Waals surface area contributed by atoms with Crippen LogP contribution < -0.4 is 24.4 Å². The Morgan fingerprint density at radius 2 is 1.91 bits per heavy atom. The summed E-state index contributed by atoms with van der Waals surface area (Å²) in [7, 11) is 1.53. The topological polar surface area (TPSA) is 130 Å². The Kier molecular flexibility index (Phi) is 8.56. The molecule has 1 aliphatic heterocycles. The standard InChI is InChI=1S/C31H27ClN2O8S/c1-5-40-24-14-17(8-11-23(24)39-4)27-26(30(38)41-6-2)16(3)33-31-34(27)28(35)25(43-31)15-19-9-12-22(42-19)20-13-18(29(36)37)7-10-21(20)32/h7-15,27H,5-6H2,1-4H3,(H,36,37)/t27-/m1/s1. The predicted octanol–water partition coefficient (Wildman–Crippen LogP) is 4.82. The van der Waals surface area contributed by atoms with Crippen LogP contribution in [0.2, 0.25) is 5.02 Å². The number of allylic oxidation sites excluding steroid dienone is 1. The number of hydrogen-bond acceptors (Lipinski definition) is 9. The molecule has 1 aliphatic rings. The summed E-state index contributed by atoms with van der Waals surface area (Å²) < 4.78 is 24.3. The van der Waals surface area contributed by atoms with E-state index in [0.717, 1.165) is 11.3 Å².